The van der Waals surface area contributed by atoms with Crippen LogP contribution in [-0.4, -0.2) is 54.9 Å². The van der Waals surface area contributed by atoms with Crippen LogP contribution in [0.3, 0.4) is 0 Å². The Morgan fingerprint density at radius 1 is 1.14 bits per heavy atom. The second kappa shape index (κ2) is 8.53. The molecule has 0 aromatic heterocycles. The second-order valence-electron chi connectivity index (χ2n) is 7.41. The minimum Gasteiger partial charge on any atom is -0.387 e. The molecule has 1 N–H and O–H groups in total. The van der Waals surface area contributed by atoms with Gasteiger partial charge in [0.1, 0.15) is 0 Å². The smallest absolute Gasteiger partial charge is 0.233 e. The highest BCUT2D eigenvalue weighted by Gasteiger charge is 2.34. The van der Waals surface area contributed by atoms with E-state index >= 15 is 0 Å². The van der Waals surface area contributed by atoms with Gasteiger partial charge in [-0.05, 0) is 41.8 Å². The first-order chi connectivity index (χ1) is 14.0. The summed E-state index contributed by atoms with van der Waals surface area (Å²) in [5, 5.41) is 9.94. The van der Waals surface area contributed by atoms with Crippen LogP contribution in [0.4, 0.5) is 5.69 Å². The van der Waals surface area contributed by atoms with Crippen molar-refractivity contribution in [3.8, 4) is 0 Å². The summed E-state index contributed by atoms with van der Waals surface area (Å²) < 4.78 is 5.43. The molecule has 6 nitrogen and oxygen atoms in total. The molecule has 1 saturated heterocycles. The molecule has 2 aliphatic rings. The molecule has 7 heteroatoms. The highest BCUT2D eigenvalue weighted by atomic mass is 35.5. The molecule has 0 atom stereocenters. The zero-order valence-corrected chi connectivity index (χ0v) is 17.5. The van der Waals surface area contributed by atoms with Crippen LogP contribution in [0.15, 0.2) is 41.5 Å². The Hall–Kier alpha value is -2.41. The first-order valence-electron chi connectivity index (χ1n) is 9.82. The number of anilines is 1. The van der Waals surface area contributed by atoms with Crippen LogP contribution < -0.4 is 5.32 Å². The first-order valence-corrected chi connectivity index (χ1v) is 10.2. The van der Waals surface area contributed by atoms with E-state index in [1.165, 1.54) is 0 Å². The van der Waals surface area contributed by atoms with Crippen LogP contribution in [0, 0.1) is 6.92 Å². The van der Waals surface area contributed by atoms with Crippen molar-refractivity contribution in [3.63, 3.8) is 0 Å². The number of nitrogens with zero attached hydrogens (tertiary/aromatic N) is 3. The normalized spacial score (nSPS) is 16.5. The lowest BCUT2D eigenvalue weighted by atomic mass is 9.99. The average Bonchev–Trinajstić information content (AvgIpc) is 3.48. The number of aryl methyl sites for hydroxylation is 1. The number of morpholine rings is 1. The monoisotopic (exact) mass is 412 g/mol. The average molecular weight is 413 g/mol. The number of hydrogen-bond acceptors (Lipinski definition) is 6. The number of Topliss-reactive ketones (excluding diaryl/α,β-unsaturated/α-hetero) is 1. The van der Waals surface area contributed by atoms with E-state index in [4.69, 9.17) is 16.3 Å². The Bertz CT molecular complexity index is 937. The number of carbonyl (C=O) groups excluding carboxylic acids is 1. The number of ether oxygens (including phenoxy) is 1. The van der Waals surface area contributed by atoms with Gasteiger partial charge in [-0.1, -0.05) is 29.8 Å². The van der Waals surface area contributed by atoms with Gasteiger partial charge in [0, 0.05) is 43.0 Å². The van der Waals surface area contributed by atoms with Gasteiger partial charge in [0.2, 0.25) is 11.6 Å². The molecule has 0 saturated carbocycles. The SMILES string of the molecule is CNc1c(C)cc(CN2CCOCC2)cc1C(=O)C1=NN1Cc1ccc(Cl)cc1. The van der Waals surface area contributed by atoms with Gasteiger partial charge in [0.15, 0.2) is 0 Å². The molecule has 0 radical (unpaired) electrons. The van der Waals surface area contributed by atoms with Crippen molar-refractivity contribution in [2.75, 3.05) is 38.7 Å². The molecule has 2 aromatic rings. The van der Waals surface area contributed by atoms with Crippen LogP contribution in [-0.2, 0) is 17.8 Å². The predicted octanol–water partition coefficient (Wildman–Crippen LogP) is 3.53. The molecule has 1 fully saturated rings. The first kappa shape index (κ1) is 19.9. The number of ketones is 1. The standard InChI is InChI=1S/C22H25ClN4O2/c1-15-11-17(13-26-7-9-29-10-8-26)12-19(20(15)24-2)21(28)22-25-27(22)14-16-3-5-18(23)6-4-16/h3-6,11-12,24H,7-10,13-14H2,1-2H3. The van der Waals surface area contributed by atoms with E-state index in [-0.39, 0.29) is 5.78 Å². The summed E-state index contributed by atoms with van der Waals surface area (Å²) >= 11 is 5.94. The van der Waals surface area contributed by atoms with Crippen molar-refractivity contribution in [1.29, 1.82) is 0 Å². The number of amidine groups is 1. The summed E-state index contributed by atoms with van der Waals surface area (Å²) in [5.74, 6) is 0.453. The fourth-order valence-corrected chi connectivity index (χ4v) is 3.86. The van der Waals surface area contributed by atoms with E-state index < -0.39 is 0 Å². The number of nitrogens with one attached hydrogen (secondary N) is 1. The summed E-state index contributed by atoms with van der Waals surface area (Å²) in [6.07, 6.45) is 0. The van der Waals surface area contributed by atoms with E-state index in [0.29, 0.717) is 23.0 Å². The van der Waals surface area contributed by atoms with Crippen LogP contribution in [0.5, 0.6) is 0 Å². The van der Waals surface area contributed by atoms with Gasteiger partial charge in [-0.15, -0.1) is 5.10 Å². The van der Waals surface area contributed by atoms with E-state index in [1.54, 1.807) is 5.01 Å². The summed E-state index contributed by atoms with van der Waals surface area (Å²) in [6.45, 7) is 6.77. The van der Waals surface area contributed by atoms with Gasteiger partial charge in [-0.2, -0.15) is 0 Å². The fraction of sp³-hybridized carbons (Fsp3) is 0.364. The molecule has 2 aromatic carbocycles. The number of halogens is 1. The van der Waals surface area contributed by atoms with Crippen molar-refractivity contribution in [1.82, 2.24) is 9.91 Å². The van der Waals surface area contributed by atoms with Gasteiger partial charge in [0.05, 0.1) is 19.8 Å². The topological polar surface area (TPSA) is 56.9 Å². The largest absolute Gasteiger partial charge is 0.387 e. The molecular weight excluding hydrogens is 388 g/mol. The molecule has 0 spiro atoms. The lowest BCUT2D eigenvalue weighted by Gasteiger charge is -2.27. The van der Waals surface area contributed by atoms with Crippen molar-refractivity contribution in [2.45, 2.75) is 20.0 Å². The summed E-state index contributed by atoms with van der Waals surface area (Å²) in [7, 11) is 1.85. The lowest BCUT2D eigenvalue weighted by Crippen LogP contribution is -2.35. The third kappa shape index (κ3) is 4.61. The molecule has 0 aliphatic carbocycles. The zero-order valence-electron chi connectivity index (χ0n) is 16.7. The molecule has 29 heavy (non-hydrogen) atoms. The lowest BCUT2D eigenvalue weighted by molar-refractivity contribution is 0.0342. The van der Waals surface area contributed by atoms with E-state index in [1.807, 2.05) is 44.3 Å². The zero-order chi connectivity index (χ0) is 20.4. The molecule has 2 aliphatic heterocycles. The Balaban J connectivity index is 1.49. The summed E-state index contributed by atoms with van der Waals surface area (Å²) in [6, 6.07) is 11.7. The van der Waals surface area contributed by atoms with Crippen molar-refractivity contribution in [2.24, 2.45) is 5.10 Å². The van der Waals surface area contributed by atoms with Gasteiger partial charge >= 0.3 is 0 Å². The Morgan fingerprint density at radius 3 is 2.55 bits per heavy atom. The van der Waals surface area contributed by atoms with Crippen LogP contribution in [0.25, 0.3) is 0 Å². The molecule has 0 amide bonds. The minimum absolute atomic E-state index is 0.0461. The van der Waals surface area contributed by atoms with Crippen molar-refractivity contribution in [3.05, 3.63) is 63.7 Å². The molecule has 0 bridgehead atoms. The van der Waals surface area contributed by atoms with E-state index in [2.05, 4.69) is 21.4 Å². The van der Waals surface area contributed by atoms with E-state index in [9.17, 15) is 4.79 Å². The number of benzene rings is 2. The summed E-state index contributed by atoms with van der Waals surface area (Å²) in [5.41, 5.74) is 4.80. The molecular formula is C22H25ClN4O2. The van der Waals surface area contributed by atoms with Crippen LogP contribution in [0.1, 0.15) is 27.0 Å². The molecule has 2 heterocycles. The quantitative estimate of drug-likeness (QED) is 0.705. The maximum absolute atomic E-state index is 13.2. The molecule has 4 rings (SSSR count). The third-order valence-corrected chi connectivity index (χ3v) is 5.52. The van der Waals surface area contributed by atoms with Crippen molar-refractivity contribution >= 4 is 28.9 Å². The van der Waals surface area contributed by atoms with Gasteiger partial charge in [-0.25, -0.2) is 5.01 Å². The van der Waals surface area contributed by atoms with E-state index in [0.717, 1.165) is 55.2 Å². The van der Waals surface area contributed by atoms with Crippen LogP contribution >= 0.6 is 11.6 Å². The Kier molecular flexibility index (Phi) is 5.85. The highest BCUT2D eigenvalue weighted by Crippen LogP contribution is 2.28. The second-order valence-corrected chi connectivity index (χ2v) is 7.85. The van der Waals surface area contributed by atoms with Gasteiger partial charge in [0.25, 0.3) is 0 Å². The molecule has 0 unspecified atom stereocenters. The Morgan fingerprint density at radius 2 is 1.86 bits per heavy atom. The third-order valence-electron chi connectivity index (χ3n) is 5.27. The van der Waals surface area contributed by atoms with Gasteiger partial charge in [-0.3, -0.25) is 9.69 Å². The van der Waals surface area contributed by atoms with Crippen LogP contribution in [0.2, 0.25) is 5.02 Å². The maximum Gasteiger partial charge on any atom is 0.233 e. The van der Waals surface area contributed by atoms with Crippen molar-refractivity contribution < 1.29 is 9.53 Å². The number of hydrazone groups is 1. The van der Waals surface area contributed by atoms with Gasteiger partial charge < -0.3 is 10.1 Å². The Labute approximate surface area is 176 Å². The predicted molar refractivity (Wildman–Crippen MR) is 116 cm³/mol. The number of carbonyl (C=O) groups is 1. The fourth-order valence-electron chi connectivity index (χ4n) is 3.73. The maximum atomic E-state index is 13.2. The highest BCUT2D eigenvalue weighted by molar-refractivity contribution is 6.49. The number of hydrogen-bond donors (Lipinski definition) is 1. The molecule has 152 valence electrons. The summed E-state index contributed by atoms with van der Waals surface area (Å²) in [4.78, 5) is 15.5. The number of rotatable bonds is 7. The minimum atomic E-state index is -0.0461.